The van der Waals surface area contributed by atoms with Gasteiger partial charge in [0.15, 0.2) is 0 Å². The monoisotopic (exact) mass is 432 g/mol. The molecule has 0 aliphatic heterocycles. The second-order valence-corrected chi connectivity index (χ2v) is 13.1. The Bertz CT molecular complexity index is 881. The molecule has 0 N–H and O–H groups in total. The maximum absolute atomic E-state index is 11.6. The molecule has 162 valence electrons. The van der Waals surface area contributed by atoms with Crippen molar-refractivity contribution < 1.29 is 14.0 Å². The molecule has 4 heteroatoms. The molecule has 0 bridgehead atoms. The number of carbonyl (C=O) groups is 1. The van der Waals surface area contributed by atoms with Crippen molar-refractivity contribution in [2.75, 3.05) is 6.61 Å². The molecule has 0 amide bonds. The van der Waals surface area contributed by atoms with Crippen molar-refractivity contribution in [3.8, 4) is 0 Å². The van der Waals surface area contributed by atoms with Gasteiger partial charge in [-0.25, -0.2) is 0 Å². The van der Waals surface area contributed by atoms with Crippen LogP contribution < -0.4 is 10.4 Å². The number of hydrogen-bond acceptors (Lipinski definition) is 3. The van der Waals surface area contributed by atoms with Crippen molar-refractivity contribution in [1.29, 1.82) is 0 Å². The van der Waals surface area contributed by atoms with E-state index >= 15 is 0 Å². The minimum atomic E-state index is -2.59. The molecule has 0 radical (unpaired) electrons. The number of ether oxygens (including phenoxy) is 1. The van der Waals surface area contributed by atoms with Crippen LogP contribution in [-0.4, -0.2) is 27.3 Å². The first-order valence-electron chi connectivity index (χ1n) is 10.8. The third kappa shape index (κ3) is 5.59. The highest BCUT2D eigenvalue weighted by Crippen LogP contribution is 2.36. The van der Waals surface area contributed by atoms with Gasteiger partial charge in [-0.1, -0.05) is 112 Å². The second kappa shape index (κ2) is 10.7. The quantitative estimate of drug-likeness (QED) is 0.343. The first-order chi connectivity index (χ1) is 15.0. The Hall–Kier alpha value is -2.53. The molecule has 0 aliphatic rings. The van der Waals surface area contributed by atoms with Gasteiger partial charge in [0, 0.05) is 13.0 Å². The van der Waals surface area contributed by atoms with Crippen LogP contribution in [0.3, 0.4) is 0 Å². The van der Waals surface area contributed by atoms with Crippen LogP contribution in [-0.2, 0) is 20.6 Å². The number of hydrogen-bond donors (Lipinski definition) is 0. The minimum Gasteiger partial charge on any atom is -0.407 e. The van der Waals surface area contributed by atoms with Crippen LogP contribution in [0.2, 0.25) is 5.04 Å². The fraction of sp³-hybridized carbons (Fsp3) is 0.296. The van der Waals surface area contributed by atoms with Crippen LogP contribution in [0.15, 0.2) is 91.0 Å². The lowest BCUT2D eigenvalue weighted by atomic mass is 10.2. The normalized spacial score (nSPS) is 13.0. The summed E-state index contributed by atoms with van der Waals surface area (Å²) in [7, 11) is -2.59. The molecule has 3 nitrogen and oxygen atoms in total. The van der Waals surface area contributed by atoms with Crippen molar-refractivity contribution in [3.63, 3.8) is 0 Å². The standard InChI is InChI=1S/C27H32O3Si/c1-27(2,3)31(25-15-9-5-10-16-25,26-17-11-6-12-18-26)30-20-19-24(21-28)29-22-23-13-7-4-8-14-23/h4-18,21,24H,19-20,22H2,1-3H3/t24-/m0/s1. The molecule has 0 saturated heterocycles. The Kier molecular flexibility index (Phi) is 7.96. The van der Waals surface area contributed by atoms with Gasteiger partial charge in [-0.05, 0) is 21.0 Å². The van der Waals surface area contributed by atoms with E-state index in [1.54, 1.807) is 0 Å². The Morgan fingerprint density at radius 2 is 1.29 bits per heavy atom. The number of carbonyl (C=O) groups excluding carboxylic acids is 1. The summed E-state index contributed by atoms with van der Waals surface area (Å²) in [4.78, 5) is 11.6. The molecule has 3 rings (SSSR count). The zero-order valence-corrected chi connectivity index (χ0v) is 19.7. The molecule has 0 unspecified atom stereocenters. The minimum absolute atomic E-state index is 0.0860. The number of rotatable bonds is 10. The Morgan fingerprint density at radius 1 is 0.806 bits per heavy atom. The first-order valence-corrected chi connectivity index (χ1v) is 12.7. The highest BCUT2D eigenvalue weighted by molar-refractivity contribution is 6.99. The summed E-state index contributed by atoms with van der Waals surface area (Å²) in [5.74, 6) is 0. The summed E-state index contributed by atoms with van der Waals surface area (Å²) in [5, 5.41) is 2.39. The van der Waals surface area contributed by atoms with Crippen LogP contribution >= 0.6 is 0 Å². The van der Waals surface area contributed by atoms with Crippen molar-refractivity contribution in [2.24, 2.45) is 0 Å². The van der Waals surface area contributed by atoms with Gasteiger partial charge in [0.1, 0.15) is 12.4 Å². The number of aldehydes is 1. The van der Waals surface area contributed by atoms with Crippen LogP contribution in [0.25, 0.3) is 0 Å². The largest absolute Gasteiger partial charge is 0.407 e. The summed E-state index contributed by atoms with van der Waals surface area (Å²) in [6.45, 7) is 7.64. The van der Waals surface area contributed by atoms with Gasteiger partial charge >= 0.3 is 0 Å². The van der Waals surface area contributed by atoms with E-state index in [-0.39, 0.29) is 5.04 Å². The summed E-state index contributed by atoms with van der Waals surface area (Å²) in [6, 6.07) is 31.0. The van der Waals surface area contributed by atoms with Crippen LogP contribution in [0.5, 0.6) is 0 Å². The van der Waals surface area contributed by atoms with E-state index in [1.807, 2.05) is 42.5 Å². The highest BCUT2D eigenvalue weighted by atomic mass is 28.4. The van der Waals surface area contributed by atoms with Crippen molar-refractivity contribution in [3.05, 3.63) is 96.6 Å². The predicted molar refractivity (Wildman–Crippen MR) is 129 cm³/mol. The molecule has 31 heavy (non-hydrogen) atoms. The van der Waals surface area contributed by atoms with E-state index in [9.17, 15) is 4.79 Å². The number of benzene rings is 3. The molecule has 0 aromatic heterocycles. The van der Waals surface area contributed by atoms with Gasteiger partial charge in [0.25, 0.3) is 8.32 Å². The first kappa shape index (κ1) is 23.1. The summed E-state index contributed by atoms with van der Waals surface area (Å²) >= 11 is 0. The van der Waals surface area contributed by atoms with Crippen molar-refractivity contribution in [2.45, 2.75) is 44.9 Å². The van der Waals surface area contributed by atoms with Gasteiger partial charge < -0.3 is 14.0 Å². The van der Waals surface area contributed by atoms with E-state index in [2.05, 4.69) is 69.3 Å². The van der Waals surface area contributed by atoms with Crippen molar-refractivity contribution in [1.82, 2.24) is 0 Å². The van der Waals surface area contributed by atoms with Gasteiger partial charge in [0.05, 0.1) is 6.61 Å². The average molecular weight is 433 g/mol. The zero-order valence-electron chi connectivity index (χ0n) is 18.7. The average Bonchev–Trinajstić information content (AvgIpc) is 2.80. The molecule has 1 atom stereocenters. The third-order valence-corrected chi connectivity index (χ3v) is 10.6. The molecule has 0 heterocycles. The zero-order chi connectivity index (χ0) is 22.2. The topological polar surface area (TPSA) is 35.5 Å². The maximum Gasteiger partial charge on any atom is 0.261 e. The molecular formula is C27H32O3Si. The molecule has 0 spiro atoms. The van der Waals surface area contributed by atoms with E-state index in [0.29, 0.717) is 19.6 Å². The van der Waals surface area contributed by atoms with E-state index in [0.717, 1.165) is 11.8 Å². The van der Waals surface area contributed by atoms with Crippen LogP contribution in [0, 0.1) is 0 Å². The Morgan fingerprint density at radius 3 is 1.74 bits per heavy atom. The van der Waals surface area contributed by atoms with E-state index in [1.165, 1.54) is 10.4 Å². The summed E-state index contributed by atoms with van der Waals surface area (Å²) < 4.78 is 12.7. The highest BCUT2D eigenvalue weighted by Gasteiger charge is 2.50. The third-order valence-electron chi connectivity index (χ3n) is 5.60. The molecule has 0 aliphatic carbocycles. The lowest BCUT2D eigenvalue weighted by Crippen LogP contribution is -2.66. The van der Waals surface area contributed by atoms with Gasteiger partial charge in [-0.3, -0.25) is 0 Å². The Labute approximate surface area is 187 Å². The lowest BCUT2D eigenvalue weighted by Gasteiger charge is -2.43. The molecule has 3 aromatic rings. The lowest BCUT2D eigenvalue weighted by molar-refractivity contribution is -0.119. The smallest absolute Gasteiger partial charge is 0.261 e. The molecule has 0 fully saturated rings. The summed E-state index contributed by atoms with van der Waals surface area (Å²) in [5.41, 5.74) is 1.06. The predicted octanol–water partition coefficient (Wildman–Crippen LogP) is 4.74. The SMILES string of the molecule is CC(C)(C)[Si](OCC[C@@H](C=O)OCc1ccccc1)(c1ccccc1)c1ccccc1. The van der Waals surface area contributed by atoms with E-state index in [4.69, 9.17) is 9.16 Å². The fourth-order valence-electron chi connectivity index (χ4n) is 4.06. The molecule has 3 aromatic carbocycles. The van der Waals surface area contributed by atoms with Gasteiger partial charge in [-0.2, -0.15) is 0 Å². The summed E-state index contributed by atoms with van der Waals surface area (Å²) in [6.07, 6.45) is 0.928. The van der Waals surface area contributed by atoms with Crippen LogP contribution in [0.1, 0.15) is 32.8 Å². The van der Waals surface area contributed by atoms with Gasteiger partial charge in [-0.15, -0.1) is 0 Å². The molecule has 0 saturated carbocycles. The van der Waals surface area contributed by atoms with Crippen molar-refractivity contribution >= 4 is 25.0 Å². The maximum atomic E-state index is 11.6. The fourth-order valence-corrected chi connectivity index (χ4v) is 8.64. The van der Waals surface area contributed by atoms with Crippen LogP contribution in [0.4, 0.5) is 0 Å². The van der Waals surface area contributed by atoms with Gasteiger partial charge in [0.2, 0.25) is 0 Å². The second-order valence-electron chi connectivity index (χ2n) is 8.77. The van der Waals surface area contributed by atoms with E-state index < -0.39 is 14.4 Å². The Balaban J connectivity index is 1.80. The molecular weight excluding hydrogens is 400 g/mol.